The molecule has 0 aromatic heterocycles. The Balaban J connectivity index is 2.42. The molecule has 5 heteroatoms. The summed E-state index contributed by atoms with van der Waals surface area (Å²) in [4.78, 5) is 10.9. The van der Waals surface area contributed by atoms with E-state index >= 15 is 0 Å². The molecular weight excluding hydrogens is 298 g/mol. The molecule has 100 valence electrons. The second kappa shape index (κ2) is 8.11. The first-order chi connectivity index (χ1) is 8.67. The molecule has 1 aromatic rings. The van der Waals surface area contributed by atoms with Gasteiger partial charge in [-0.05, 0) is 43.1 Å². The fourth-order valence-corrected chi connectivity index (χ4v) is 1.94. The van der Waals surface area contributed by atoms with Crippen molar-refractivity contribution in [3.05, 3.63) is 28.2 Å². The topological polar surface area (TPSA) is 61.5 Å². The summed E-state index contributed by atoms with van der Waals surface area (Å²) in [5.74, 6) is 0.588. The second-order valence-corrected chi connectivity index (χ2v) is 4.67. The van der Waals surface area contributed by atoms with Crippen LogP contribution < -0.4 is 10.5 Å². The third kappa shape index (κ3) is 5.06. The van der Waals surface area contributed by atoms with Crippen molar-refractivity contribution >= 4 is 21.9 Å². The molecule has 0 aliphatic heterocycles. The van der Waals surface area contributed by atoms with Crippen LogP contribution in [0.4, 0.5) is 0 Å². The van der Waals surface area contributed by atoms with Crippen molar-refractivity contribution in [2.45, 2.75) is 19.3 Å². The lowest BCUT2D eigenvalue weighted by atomic mass is 10.1. The largest absolute Gasteiger partial charge is 0.494 e. The van der Waals surface area contributed by atoms with Crippen LogP contribution in [0.15, 0.2) is 22.7 Å². The summed E-state index contributed by atoms with van der Waals surface area (Å²) in [7, 11) is 1.39. The van der Waals surface area contributed by atoms with Crippen molar-refractivity contribution in [1.82, 2.24) is 0 Å². The predicted octanol–water partition coefficient (Wildman–Crippen LogP) is 2.28. The first-order valence-corrected chi connectivity index (χ1v) is 6.64. The number of hydrogen-bond donors (Lipinski definition) is 1. The quantitative estimate of drug-likeness (QED) is 0.619. The number of halogens is 1. The Morgan fingerprint density at radius 1 is 1.44 bits per heavy atom. The van der Waals surface area contributed by atoms with E-state index < -0.39 is 0 Å². The zero-order valence-corrected chi connectivity index (χ0v) is 12.0. The number of methoxy groups -OCH3 is 1. The van der Waals surface area contributed by atoms with Gasteiger partial charge in [0.05, 0.1) is 13.7 Å². The van der Waals surface area contributed by atoms with Crippen LogP contribution >= 0.6 is 15.9 Å². The van der Waals surface area contributed by atoms with Gasteiger partial charge < -0.3 is 15.2 Å². The first kappa shape index (κ1) is 15.0. The summed E-state index contributed by atoms with van der Waals surface area (Å²) in [5, 5.41) is 0. The highest BCUT2D eigenvalue weighted by Crippen LogP contribution is 2.23. The van der Waals surface area contributed by atoms with Crippen molar-refractivity contribution < 1.29 is 14.3 Å². The van der Waals surface area contributed by atoms with E-state index in [-0.39, 0.29) is 5.97 Å². The van der Waals surface area contributed by atoms with Crippen molar-refractivity contribution in [2.24, 2.45) is 5.73 Å². The smallest absolute Gasteiger partial charge is 0.305 e. The molecular formula is C13H18BrNO3. The van der Waals surface area contributed by atoms with Crippen LogP contribution in [0.25, 0.3) is 0 Å². The van der Waals surface area contributed by atoms with E-state index in [0.29, 0.717) is 26.0 Å². The molecule has 0 saturated heterocycles. The van der Waals surface area contributed by atoms with Gasteiger partial charge in [0.15, 0.2) is 0 Å². The maximum atomic E-state index is 10.9. The fraction of sp³-hybridized carbons (Fsp3) is 0.462. The van der Waals surface area contributed by atoms with E-state index in [4.69, 9.17) is 10.5 Å². The van der Waals surface area contributed by atoms with Gasteiger partial charge >= 0.3 is 5.97 Å². The van der Waals surface area contributed by atoms with Gasteiger partial charge in [0.1, 0.15) is 5.75 Å². The number of ether oxygens (including phenoxy) is 2. The minimum atomic E-state index is -0.210. The van der Waals surface area contributed by atoms with Gasteiger partial charge in [0.25, 0.3) is 0 Å². The Morgan fingerprint density at radius 2 is 2.22 bits per heavy atom. The fourth-order valence-electron chi connectivity index (χ4n) is 1.50. The zero-order valence-electron chi connectivity index (χ0n) is 10.4. The highest BCUT2D eigenvalue weighted by atomic mass is 79.9. The van der Waals surface area contributed by atoms with Crippen LogP contribution in [0.1, 0.15) is 18.4 Å². The number of rotatable bonds is 7. The van der Waals surface area contributed by atoms with E-state index in [9.17, 15) is 4.79 Å². The predicted molar refractivity (Wildman–Crippen MR) is 73.6 cm³/mol. The molecule has 0 radical (unpaired) electrons. The molecule has 0 saturated carbocycles. The Morgan fingerprint density at radius 3 is 2.89 bits per heavy atom. The summed E-state index contributed by atoms with van der Waals surface area (Å²) in [5.41, 5.74) is 6.66. The van der Waals surface area contributed by atoms with Crippen molar-refractivity contribution in [2.75, 3.05) is 20.3 Å². The standard InChI is InChI=1S/C13H18BrNO3/c1-17-13(16)3-2-8-18-11-4-5-12(14)10(9-11)6-7-15/h4-5,9H,2-3,6-8,15H2,1H3. The molecule has 0 fully saturated rings. The van der Waals surface area contributed by atoms with Gasteiger partial charge in [-0.2, -0.15) is 0 Å². The highest BCUT2D eigenvalue weighted by molar-refractivity contribution is 9.10. The summed E-state index contributed by atoms with van der Waals surface area (Å²) < 4.78 is 11.2. The van der Waals surface area contributed by atoms with Crippen molar-refractivity contribution in [3.63, 3.8) is 0 Å². The molecule has 0 unspecified atom stereocenters. The maximum Gasteiger partial charge on any atom is 0.305 e. The molecule has 4 nitrogen and oxygen atoms in total. The Hall–Kier alpha value is -1.07. The summed E-state index contributed by atoms with van der Waals surface area (Å²) in [6, 6.07) is 5.80. The second-order valence-electron chi connectivity index (χ2n) is 3.82. The lowest BCUT2D eigenvalue weighted by Crippen LogP contribution is -2.06. The molecule has 0 spiro atoms. The van der Waals surface area contributed by atoms with Crippen LogP contribution in [0, 0.1) is 0 Å². The molecule has 0 aliphatic rings. The van der Waals surface area contributed by atoms with Crippen LogP contribution in [-0.2, 0) is 16.0 Å². The van der Waals surface area contributed by atoms with E-state index in [0.717, 1.165) is 22.2 Å². The third-order valence-electron chi connectivity index (χ3n) is 2.45. The average Bonchev–Trinajstić information content (AvgIpc) is 2.38. The minimum Gasteiger partial charge on any atom is -0.494 e. The normalized spacial score (nSPS) is 10.2. The third-order valence-corrected chi connectivity index (χ3v) is 3.23. The number of benzene rings is 1. The van der Waals surface area contributed by atoms with Gasteiger partial charge in [0.2, 0.25) is 0 Å². The maximum absolute atomic E-state index is 10.9. The van der Waals surface area contributed by atoms with Gasteiger partial charge in [-0.25, -0.2) is 0 Å². The first-order valence-electron chi connectivity index (χ1n) is 5.85. The van der Waals surface area contributed by atoms with Gasteiger partial charge in [-0.3, -0.25) is 4.79 Å². The van der Waals surface area contributed by atoms with Crippen LogP contribution in [0.2, 0.25) is 0 Å². The Labute approximate surface area is 116 Å². The van der Waals surface area contributed by atoms with Gasteiger partial charge in [-0.1, -0.05) is 15.9 Å². The number of carbonyl (C=O) groups excluding carboxylic acids is 1. The summed E-state index contributed by atoms with van der Waals surface area (Å²) in [6.07, 6.45) is 1.83. The Kier molecular flexibility index (Phi) is 6.75. The molecule has 0 heterocycles. The van der Waals surface area contributed by atoms with Crippen LogP contribution in [-0.4, -0.2) is 26.2 Å². The molecule has 1 rings (SSSR count). The number of hydrogen-bond acceptors (Lipinski definition) is 4. The lowest BCUT2D eigenvalue weighted by molar-refractivity contribution is -0.140. The van der Waals surface area contributed by atoms with Gasteiger partial charge in [0, 0.05) is 10.9 Å². The van der Waals surface area contributed by atoms with Crippen LogP contribution in [0.5, 0.6) is 5.75 Å². The van der Waals surface area contributed by atoms with E-state index in [1.807, 2.05) is 18.2 Å². The van der Waals surface area contributed by atoms with Crippen molar-refractivity contribution in [1.29, 1.82) is 0 Å². The molecule has 2 N–H and O–H groups in total. The molecule has 0 aliphatic carbocycles. The minimum absolute atomic E-state index is 0.210. The molecule has 0 amide bonds. The van der Waals surface area contributed by atoms with Gasteiger partial charge in [-0.15, -0.1) is 0 Å². The zero-order chi connectivity index (χ0) is 13.4. The van der Waals surface area contributed by atoms with E-state index in [1.165, 1.54) is 7.11 Å². The monoisotopic (exact) mass is 315 g/mol. The SMILES string of the molecule is COC(=O)CCCOc1ccc(Br)c(CCN)c1. The van der Waals surface area contributed by atoms with E-state index in [2.05, 4.69) is 20.7 Å². The lowest BCUT2D eigenvalue weighted by Gasteiger charge is -2.09. The van der Waals surface area contributed by atoms with Crippen LogP contribution in [0.3, 0.4) is 0 Å². The number of esters is 1. The number of nitrogens with two attached hydrogens (primary N) is 1. The highest BCUT2D eigenvalue weighted by Gasteiger charge is 2.03. The average molecular weight is 316 g/mol. The number of carbonyl (C=O) groups is 1. The Bertz CT molecular complexity index is 396. The molecule has 18 heavy (non-hydrogen) atoms. The molecule has 0 bridgehead atoms. The molecule has 0 atom stereocenters. The summed E-state index contributed by atoms with van der Waals surface area (Å²) >= 11 is 3.47. The van der Waals surface area contributed by atoms with E-state index in [1.54, 1.807) is 0 Å². The van der Waals surface area contributed by atoms with Crippen molar-refractivity contribution in [3.8, 4) is 5.75 Å². The molecule has 1 aromatic carbocycles. The summed E-state index contributed by atoms with van der Waals surface area (Å²) in [6.45, 7) is 1.10.